The average Bonchev–Trinajstić information content (AvgIpc) is 2.64. The maximum Gasteiger partial charge on any atom is 0.195 e. The summed E-state index contributed by atoms with van der Waals surface area (Å²) in [6, 6.07) is 4.03. The highest BCUT2D eigenvalue weighted by Gasteiger charge is 2.11. The molecule has 0 saturated heterocycles. The van der Waals surface area contributed by atoms with Gasteiger partial charge in [-0.25, -0.2) is 0 Å². The number of hydrogen-bond acceptors (Lipinski definition) is 3. The molecule has 0 aliphatic rings. The van der Waals surface area contributed by atoms with Crippen LogP contribution in [0.2, 0.25) is 0 Å². The Kier molecular flexibility index (Phi) is 4.69. The van der Waals surface area contributed by atoms with Gasteiger partial charge in [-0.05, 0) is 32.5 Å². The van der Waals surface area contributed by atoms with Gasteiger partial charge in [0, 0.05) is 19.7 Å². The number of nitrogens with one attached hydrogen (secondary N) is 1. The van der Waals surface area contributed by atoms with Crippen molar-refractivity contribution < 1.29 is 4.42 Å². The molecule has 1 unspecified atom stereocenters. The second-order valence-corrected chi connectivity index (χ2v) is 4.10. The van der Waals surface area contributed by atoms with E-state index in [-0.39, 0.29) is 0 Å². The molecular formula is C12H22N2O. The van der Waals surface area contributed by atoms with E-state index >= 15 is 0 Å². The van der Waals surface area contributed by atoms with E-state index in [9.17, 15) is 0 Å². The van der Waals surface area contributed by atoms with Gasteiger partial charge in [0.2, 0.25) is 0 Å². The molecule has 3 nitrogen and oxygen atoms in total. The third-order valence-electron chi connectivity index (χ3n) is 2.70. The molecule has 15 heavy (non-hydrogen) atoms. The van der Waals surface area contributed by atoms with Gasteiger partial charge in [0.1, 0.15) is 5.76 Å². The Bertz CT molecular complexity index is 283. The lowest BCUT2D eigenvalue weighted by atomic mass is 10.1. The Morgan fingerprint density at radius 2 is 2.20 bits per heavy atom. The fourth-order valence-electron chi connectivity index (χ4n) is 1.73. The minimum atomic E-state index is 0.672. The molecule has 1 aromatic rings. The number of rotatable bonds is 6. The Morgan fingerprint density at radius 3 is 2.67 bits per heavy atom. The monoisotopic (exact) mass is 210 g/mol. The van der Waals surface area contributed by atoms with E-state index in [0.29, 0.717) is 5.92 Å². The maximum absolute atomic E-state index is 5.57. The molecule has 0 radical (unpaired) electrons. The van der Waals surface area contributed by atoms with Crippen LogP contribution in [0.3, 0.4) is 0 Å². The number of anilines is 1. The lowest BCUT2D eigenvalue weighted by Crippen LogP contribution is -2.30. The van der Waals surface area contributed by atoms with E-state index in [0.717, 1.165) is 24.7 Å². The van der Waals surface area contributed by atoms with Crippen molar-refractivity contribution in [2.45, 2.75) is 20.3 Å². The van der Waals surface area contributed by atoms with Gasteiger partial charge < -0.3 is 14.6 Å². The molecular weight excluding hydrogens is 188 g/mol. The standard InChI is InChI=1S/C12H22N2O/c1-5-11(8-13-3)9-14(4)12-7-6-10(2)15-12/h6-7,11,13H,5,8-9H2,1-4H3. The molecule has 1 N–H and O–H groups in total. The first kappa shape index (κ1) is 12.1. The Morgan fingerprint density at radius 1 is 1.47 bits per heavy atom. The topological polar surface area (TPSA) is 28.4 Å². The van der Waals surface area contributed by atoms with Gasteiger partial charge in [0.05, 0.1) is 0 Å². The molecule has 0 aromatic carbocycles. The van der Waals surface area contributed by atoms with E-state index in [1.54, 1.807) is 0 Å². The molecule has 1 heterocycles. The van der Waals surface area contributed by atoms with Gasteiger partial charge in [-0.1, -0.05) is 13.3 Å². The molecule has 1 rings (SSSR count). The summed E-state index contributed by atoms with van der Waals surface area (Å²) in [7, 11) is 4.08. The van der Waals surface area contributed by atoms with E-state index in [1.807, 2.05) is 26.1 Å². The van der Waals surface area contributed by atoms with Crippen molar-refractivity contribution in [2.75, 3.05) is 32.1 Å². The molecule has 0 amide bonds. The predicted octanol–water partition coefficient (Wildman–Crippen LogP) is 2.27. The van der Waals surface area contributed by atoms with Crippen molar-refractivity contribution >= 4 is 5.88 Å². The van der Waals surface area contributed by atoms with Crippen molar-refractivity contribution in [1.82, 2.24) is 5.32 Å². The predicted molar refractivity (Wildman–Crippen MR) is 64.4 cm³/mol. The summed E-state index contributed by atoms with van der Waals surface area (Å²) in [4.78, 5) is 2.18. The van der Waals surface area contributed by atoms with Crippen LogP contribution in [-0.4, -0.2) is 27.2 Å². The summed E-state index contributed by atoms with van der Waals surface area (Å²) in [6.45, 7) is 6.29. The van der Waals surface area contributed by atoms with Crippen LogP contribution in [0, 0.1) is 12.8 Å². The number of furan rings is 1. The maximum atomic E-state index is 5.57. The molecule has 0 fully saturated rings. The first-order valence-electron chi connectivity index (χ1n) is 5.59. The van der Waals surface area contributed by atoms with Crippen molar-refractivity contribution in [3.05, 3.63) is 17.9 Å². The third kappa shape index (κ3) is 3.59. The quantitative estimate of drug-likeness (QED) is 0.780. The zero-order chi connectivity index (χ0) is 11.3. The zero-order valence-electron chi connectivity index (χ0n) is 10.2. The molecule has 0 spiro atoms. The Hall–Kier alpha value is -0.960. The summed E-state index contributed by atoms with van der Waals surface area (Å²) >= 11 is 0. The van der Waals surface area contributed by atoms with Gasteiger partial charge in [-0.3, -0.25) is 0 Å². The van der Waals surface area contributed by atoms with Crippen molar-refractivity contribution in [1.29, 1.82) is 0 Å². The fraction of sp³-hybridized carbons (Fsp3) is 0.667. The van der Waals surface area contributed by atoms with Crippen molar-refractivity contribution in [3.8, 4) is 0 Å². The van der Waals surface area contributed by atoms with Gasteiger partial charge in [0.25, 0.3) is 0 Å². The normalized spacial score (nSPS) is 12.8. The second kappa shape index (κ2) is 5.81. The van der Waals surface area contributed by atoms with Crippen LogP contribution < -0.4 is 10.2 Å². The SMILES string of the molecule is CCC(CNC)CN(C)c1ccc(C)o1. The molecule has 0 bridgehead atoms. The summed E-state index contributed by atoms with van der Waals surface area (Å²) in [5.74, 6) is 2.60. The molecule has 0 aliphatic heterocycles. The molecule has 1 atom stereocenters. The summed E-state index contributed by atoms with van der Waals surface area (Å²) < 4.78 is 5.57. The van der Waals surface area contributed by atoms with Crippen LogP contribution in [0.1, 0.15) is 19.1 Å². The summed E-state index contributed by atoms with van der Waals surface area (Å²) in [6.07, 6.45) is 1.19. The lowest BCUT2D eigenvalue weighted by Gasteiger charge is -2.22. The fourth-order valence-corrected chi connectivity index (χ4v) is 1.73. The first-order valence-corrected chi connectivity index (χ1v) is 5.59. The van der Waals surface area contributed by atoms with Crippen LogP contribution >= 0.6 is 0 Å². The van der Waals surface area contributed by atoms with Gasteiger partial charge in [-0.2, -0.15) is 0 Å². The zero-order valence-corrected chi connectivity index (χ0v) is 10.2. The number of aryl methyl sites for hydroxylation is 1. The molecule has 1 aromatic heterocycles. The smallest absolute Gasteiger partial charge is 0.195 e. The van der Waals surface area contributed by atoms with Gasteiger partial charge >= 0.3 is 0 Å². The largest absolute Gasteiger partial charge is 0.446 e. The molecule has 0 saturated carbocycles. The minimum absolute atomic E-state index is 0.672. The van der Waals surface area contributed by atoms with Crippen LogP contribution in [0.5, 0.6) is 0 Å². The highest BCUT2D eigenvalue weighted by Crippen LogP contribution is 2.18. The van der Waals surface area contributed by atoms with Crippen molar-refractivity contribution in [3.63, 3.8) is 0 Å². The minimum Gasteiger partial charge on any atom is -0.446 e. The van der Waals surface area contributed by atoms with Crippen LogP contribution in [0.25, 0.3) is 0 Å². The van der Waals surface area contributed by atoms with Crippen LogP contribution in [-0.2, 0) is 0 Å². The van der Waals surface area contributed by atoms with E-state index < -0.39 is 0 Å². The van der Waals surface area contributed by atoms with Crippen LogP contribution in [0.15, 0.2) is 16.5 Å². The third-order valence-corrected chi connectivity index (χ3v) is 2.70. The number of hydrogen-bond donors (Lipinski definition) is 1. The molecule has 86 valence electrons. The Balaban J connectivity index is 2.50. The van der Waals surface area contributed by atoms with Crippen LogP contribution in [0.4, 0.5) is 5.88 Å². The van der Waals surface area contributed by atoms with E-state index in [4.69, 9.17) is 4.42 Å². The van der Waals surface area contributed by atoms with Gasteiger partial charge in [-0.15, -0.1) is 0 Å². The highest BCUT2D eigenvalue weighted by molar-refractivity contribution is 5.35. The highest BCUT2D eigenvalue weighted by atomic mass is 16.4. The summed E-state index contributed by atoms with van der Waals surface area (Å²) in [5, 5.41) is 3.22. The van der Waals surface area contributed by atoms with Crippen molar-refractivity contribution in [2.24, 2.45) is 5.92 Å². The molecule has 3 heteroatoms. The van der Waals surface area contributed by atoms with E-state index in [1.165, 1.54) is 6.42 Å². The molecule has 0 aliphatic carbocycles. The second-order valence-electron chi connectivity index (χ2n) is 4.10. The summed E-state index contributed by atoms with van der Waals surface area (Å²) in [5.41, 5.74) is 0. The first-order chi connectivity index (χ1) is 7.17. The van der Waals surface area contributed by atoms with Gasteiger partial charge in [0.15, 0.2) is 5.88 Å². The Labute approximate surface area is 92.5 Å². The van der Waals surface area contributed by atoms with E-state index in [2.05, 4.69) is 24.2 Å². The number of nitrogens with zero attached hydrogens (tertiary/aromatic N) is 1. The lowest BCUT2D eigenvalue weighted by molar-refractivity contribution is 0.459. The average molecular weight is 210 g/mol.